The van der Waals surface area contributed by atoms with E-state index in [9.17, 15) is 9.90 Å². The van der Waals surface area contributed by atoms with E-state index in [4.69, 9.17) is 14.2 Å². The van der Waals surface area contributed by atoms with Crippen LogP contribution in [0.4, 0.5) is 0 Å². The predicted octanol–water partition coefficient (Wildman–Crippen LogP) is 3.27. The molecular formula is C17H22O5. The van der Waals surface area contributed by atoms with Gasteiger partial charge in [-0.3, -0.25) is 0 Å². The second-order valence-electron chi connectivity index (χ2n) is 5.24. The number of carbonyl (C=O) groups excluding carboxylic acids is 1. The van der Waals surface area contributed by atoms with Crippen molar-refractivity contribution in [3.8, 4) is 11.5 Å². The van der Waals surface area contributed by atoms with Crippen LogP contribution in [-0.2, 0) is 14.3 Å². The number of carbonyl (C=O) groups is 1. The van der Waals surface area contributed by atoms with Crippen LogP contribution in [0, 0.1) is 0 Å². The summed E-state index contributed by atoms with van der Waals surface area (Å²) in [6.07, 6.45) is 4.41. The molecule has 1 aromatic carbocycles. The maximum Gasteiger partial charge on any atom is 0.334 e. The first-order valence-electron chi connectivity index (χ1n) is 7.42. The van der Waals surface area contributed by atoms with Crippen LogP contribution in [0.15, 0.2) is 23.8 Å². The Bertz CT molecular complexity index is 562. The molecule has 0 unspecified atom stereocenters. The number of hydrogen-bond acceptors (Lipinski definition) is 5. The highest BCUT2D eigenvalue weighted by molar-refractivity contribution is 5.98. The molecule has 0 saturated carbocycles. The summed E-state index contributed by atoms with van der Waals surface area (Å²) in [7, 11) is 2.93. The molecule has 1 aliphatic carbocycles. The molecule has 120 valence electrons. The lowest BCUT2D eigenvalue weighted by molar-refractivity contribution is -0.136. The Balaban J connectivity index is 2.44. The van der Waals surface area contributed by atoms with E-state index >= 15 is 0 Å². The highest BCUT2D eigenvalue weighted by Gasteiger charge is 2.22. The van der Waals surface area contributed by atoms with Crippen molar-refractivity contribution in [3.63, 3.8) is 0 Å². The highest BCUT2D eigenvalue weighted by atomic mass is 16.7. The van der Waals surface area contributed by atoms with Crippen molar-refractivity contribution in [2.75, 3.05) is 21.0 Å². The van der Waals surface area contributed by atoms with Gasteiger partial charge < -0.3 is 19.3 Å². The minimum atomic E-state index is -0.320. The van der Waals surface area contributed by atoms with Crippen molar-refractivity contribution in [2.24, 2.45) is 0 Å². The Morgan fingerprint density at radius 1 is 1.18 bits per heavy atom. The lowest BCUT2D eigenvalue weighted by atomic mass is 9.95. The van der Waals surface area contributed by atoms with Gasteiger partial charge in [-0.1, -0.05) is 6.42 Å². The van der Waals surface area contributed by atoms with Crippen molar-refractivity contribution in [2.45, 2.75) is 32.1 Å². The number of esters is 1. The minimum Gasteiger partial charge on any atom is -0.507 e. The van der Waals surface area contributed by atoms with Gasteiger partial charge in [-0.25, -0.2) is 4.79 Å². The van der Waals surface area contributed by atoms with Crippen molar-refractivity contribution < 1.29 is 24.1 Å². The van der Waals surface area contributed by atoms with Gasteiger partial charge in [0.15, 0.2) is 6.79 Å². The first-order valence-corrected chi connectivity index (χ1v) is 7.42. The molecule has 22 heavy (non-hydrogen) atoms. The predicted molar refractivity (Wildman–Crippen MR) is 82.6 cm³/mol. The first-order chi connectivity index (χ1) is 10.7. The minimum absolute atomic E-state index is 0.132. The van der Waals surface area contributed by atoms with Gasteiger partial charge in [0, 0.05) is 18.2 Å². The molecule has 0 radical (unpaired) electrons. The number of aromatic hydroxyl groups is 1. The summed E-state index contributed by atoms with van der Waals surface area (Å²) in [5.74, 6) is 0.415. The lowest BCUT2D eigenvalue weighted by Gasteiger charge is -2.14. The molecule has 0 saturated heterocycles. The Morgan fingerprint density at radius 3 is 2.68 bits per heavy atom. The van der Waals surface area contributed by atoms with Crippen LogP contribution in [0.2, 0.25) is 0 Å². The average Bonchev–Trinajstić information content (AvgIpc) is 2.79. The summed E-state index contributed by atoms with van der Waals surface area (Å²) >= 11 is 0. The van der Waals surface area contributed by atoms with E-state index in [0.29, 0.717) is 23.3 Å². The number of phenols is 1. The number of rotatable bonds is 5. The van der Waals surface area contributed by atoms with Crippen molar-refractivity contribution in [1.82, 2.24) is 0 Å². The van der Waals surface area contributed by atoms with Gasteiger partial charge in [-0.15, -0.1) is 0 Å². The Morgan fingerprint density at radius 2 is 1.95 bits per heavy atom. The van der Waals surface area contributed by atoms with Gasteiger partial charge in [-0.05, 0) is 49.5 Å². The van der Waals surface area contributed by atoms with Gasteiger partial charge in [0.05, 0.1) is 7.11 Å². The maximum absolute atomic E-state index is 12.1. The van der Waals surface area contributed by atoms with E-state index < -0.39 is 0 Å². The fraction of sp³-hybridized carbons (Fsp3) is 0.471. The summed E-state index contributed by atoms with van der Waals surface area (Å²) < 4.78 is 15.2. The van der Waals surface area contributed by atoms with Crippen LogP contribution in [-0.4, -0.2) is 32.1 Å². The molecule has 0 aromatic heterocycles. The average molecular weight is 306 g/mol. The van der Waals surface area contributed by atoms with E-state index in [1.165, 1.54) is 7.11 Å². The monoisotopic (exact) mass is 306 g/mol. The number of methoxy groups -OCH3 is 2. The highest BCUT2D eigenvalue weighted by Crippen LogP contribution is 2.37. The third-order valence-corrected chi connectivity index (χ3v) is 3.79. The van der Waals surface area contributed by atoms with Gasteiger partial charge >= 0.3 is 5.97 Å². The number of ether oxygens (including phenoxy) is 3. The number of hydrogen-bond donors (Lipinski definition) is 1. The van der Waals surface area contributed by atoms with Gasteiger partial charge in [0.25, 0.3) is 0 Å². The number of allylic oxidation sites excluding steroid dienone is 1. The fourth-order valence-corrected chi connectivity index (χ4v) is 2.70. The van der Waals surface area contributed by atoms with Crippen LogP contribution >= 0.6 is 0 Å². The molecular weight excluding hydrogens is 284 g/mol. The summed E-state index contributed by atoms with van der Waals surface area (Å²) in [5.41, 5.74) is 2.14. The molecule has 5 nitrogen and oxygen atoms in total. The van der Waals surface area contributed by atoms with Crippen LogP contribution in [0.25, 0.3) is 5.57 Å². The summed E-state index contributed by atoms with van der Waals surface area (Å²) in [5, 5.41) is 10.2. The van der Waals surface area contributed by atoms with Gasteiger partial charge in [0.2, 0.25) is 0 Å². The Hall–Kier alpha value is -2.01. The standard InChI is InChI=1S/C17H22O5/c1-20-11-22-12-8-9-16(18)15(10-12)13-6-4-3-5-7-14(13)17(19)21-2/h8-10,18H,3-7,11H2,1-2H3. The summed E-state index contributed by atoms with van der Waals surface area (Å²) in [6.45, 7) is 0.132. The zero-order valence-corrected chi connectivity index (χ0v) is 13.1. The molecule has 0 heterocycles. The van der Waals surface area contributed by atoms with Crippen LogP contribution in [0.3, 0.4) is 0 Å². The molecule has 1 aromatic rings. The molecule has 1 N–H and O–H groups in total. The SMILES string of the molecule is COCOc1ccc(O)c(C2=C(C(=O)OC)CCCCC2)c1. The molecule has 1 aliphatic rings. The largest absolute Gasteiger partial charge is 0.507 e. The van der Waals surface area contributed by atoms with Crippen LogP contribution in [0.1, 0.15) is 37.7 Å². The van der Waals surface area contributed by atoms with Crippen LogP contribution in [0.5, 0.6) is 11.5 Å². The molecule has 2 rings (SSSR count). The molecule has 0 atom stereocenters. The van der Waals surface area contributed by atoms with Gasteiger partial charge in [0.1, 0.15) is 11.5 Å². The third-order valence-electron chi connectivity index (χ3n) is 3.79. The molecule has 0 spiro atoms. The molecule has 0 fully saturated rings. The van der Waals surface area contributed by atoms with Crippen molar-refractivity contribution in [3.05, 3.63) is 29.3 Å². The summed E-state index contributed by atoms with van der Waals surface area (Å²) in [6, 6.07) is 5.00. The lowest BCUT2D eigenvalue weighted by Crippen LogP contribution is -2.07. The maximum atomic E-state index is 12.1. The molecule has 5 heteroatoms. The molecule has 0 bridgehead atoms. The Kier molecular flexibility index (Phi) is 5.83. The van der Waals surface area contributed by atoms with Crippen LogP contribution < -0.4 is 4.74 Å². The molecule has 0 amide bonds. The van der Waals surface area contributed by atoms with Crippen molar-refractivity contribution >= 4 is 11.5 Å². The van der Waals surface area contributed by atoms with E-state index in [2.05, 4.69) is 0 Å². The third kappa shape index (κ3) is 3.80. The number of phenolic OH excluding ortho intramolecular Hbond substituents is 1. The second-order valence-corrected chi connectivity index (χ2v) is 5.24. The van der Waals surface area contributed by atoms with Crippen molar-refractivity contribution in [1.29, 1.82) is 0 Å². The zero-order chi connectivity index (χ0) is 15.9. The Labute approximate surface area is 130 Å². The quantitative estimate of drug-likeness (QED) is 0.668. The summed E-state index contributed by atoms with van der Waals surface area (Å²) in [4.78, 5) is 12.1. The van der Waals surface area contributed by atoms with E-state index in [1.54, 1.807) is 25.3 Å². The topological polar surface area (TPSA) is 65.0 Å². The second kappa shape index (κ2) is 7.84. The van der Waals surface area contributed by atoms with E-state index in [-0.39, 0.29) is 18.5 Å². The molecule has 0 aliphatic heterocycles. The van der Waals surface area contributed by atoms with Gasteiger partial charge in [-0.2, -0.15) is 0 Å². The fourth-order valence-electron chi connectivity index (χ4n) is 2.70. The first kappa shape index (κ1) is 16.4. The zero-order valence-electron chi connectivity index (χ0n) is 13.1. The number of benzene rings is 1. The van der Waals surface area contributed by atoms with E-state index in [0.717, 1.165) is 31.3 Å². The smallest absolute Gasteiger partial charge is 0.334 e. The normalized spacial score (nSPS) is 15.4. The van der Waals surface area contributed by atoms with E-state index in [1.807, 2.05) is 0 Å².